The second kappa shape index (κ2) is 7.16. The fraction of sp³-hybridized carbons (Fsp3) is 0.692. The maximum absolute atomic E-state index is 4.23. The predicted molar refractivity (Wildman–Crippen MR) is 77.0 cm³/mol. The zero-order valence-corrected chi connectivity index (χ0v) is 11.9. The summed E-state index contributed by atoms with van der Waals surface area (Å²) in [6.45, 7) is 9.37. The molecular weight excluding hydrogens is 226 g/mol. The zero-order valence-electron chi connectivity index (χ0n) is 11.9. The molecule has 3 N–H and O–H groups in total. The van der Waals surface area contributed by atoms with E-state index >= 15 is 0 Å². The number of rotatable bonds is 8. The van der Waals surface area contributed by atoms with Crippen molar-refractivity contribution in [3.63, 3.8) is 0 Å². The van der Waals surface area contributed by atoms with Gasteiger partial charge in [0.1, 0.15) is 18.0 Å². The van der Waals surface area contributed by atoms with E-state index in [1.165, 1.54) is 0 Å². The van der Waals surface area contributed by atoms with Crippen molar-refractivity contribution in [2.45, 2.75) is 27.2 Å². The maximum atomic E-state index is 4.23. The summed E-state index contributed by atoms with van der Waals surface area (Å²) in [6.07, 6.45) is 2.72. The molecule has 0 radical (unpaired) electrons. The van der Waals surface area contributed by atoms with Crippen molar-refractivity contribution in [3.8, 4) is 0 Å². The molecule has 0 aliphatic heterocycles. The molecule has 1 aromatic rings. The van der Waals surface area contributed by atoms with Gasteiger partial charge in [-0.2, -0.15) is 0 Å². The summed E-state index contributed by atoms with van der Waals surface area (Å²) in [5, 5.41) is 9.69. The molecule has 0 spiro atoms. The molecule has 18 heavy (non-hydrogen) atoms. The molecule has 1 aromatic heterocycles. The van der Waals surface area contributed by atoms with Crippen LogP contribution in [0.5, 0.6) is 0 Å². The second-order valence-electron chi connectivity index (χ2n) is 5.19. The third-order valence-electron chi connectivity index (χ3n) is 3.05. The van der Waals surface area contributed by atoms with Crippen molar-refractivity contribution in [3.05, 3.63) is 12.4 Å². The van der Waals surface area contributed by atoms with Crippen LogP contribution in [0.2, 0.25) is 0 Å². The predicted octanol–water partition coefficient (Wildman–Crippen LogP) is 1.96. The van der Waals surface area contributed by atoms with E-state index in [2.05, 4.69) is 46.7 Å². The van der Waals surface area contributed by atoms with Gasteiger partial charge >= 0.3 is 0 Å². The van der Waals surface area contributed by atoms with Crippen LogP contribution in [0.3, 0.4) is 0 Å². The summed E-state index contributed by atoms with van der Waals surface area (Å²) in [4.78, 5) is 8.41. The van der Waals surface area contributed by atoms with Crippen molar-refractivity contribution in [1.82, 2.24) is 15.3 Å². The topological polar surface area (TPSA) is 61.9 Å². The largest absolute Gasteiger partial charge is 0.369 e. The Labute approximate surface area is 110 Å². The molecule has 1 heterocycles. The highest BCUT2D eigenvalue weighted by Gasteiger charge is 2.14. The third kappa shape index (κ3) is 5.31. The molecule has 0 saturated heterocycles. The molecule has 0 saturated carbocycles. The van der Waals surface area contributed by atoms with E-state index in [1.54, 1.807) is 6.33 Å². The van der Waals surface area contributed by atoms with Gasteiger partial charge in [-0.3, -0.25) is 0 Å². The van der Waals surface area contributed by atoms with Crippen LogP contribution < -0.4 is 16.0 Å². The lowest BCUT2D eigenvalue weighted by molar-refractivity contribution is 0.376. The number of aromatic nitrogens is 2. The highest BCUT2D eigenvalue weighted by molar-refractivity contribution is 5.46. The second-order valence-corrected chi connectivity index (χ2v) is 5.19. The maximum Gasteiger partial charge on any atom is 0.131 e. The van der Waals surface area contributed by atoms with Gasteiger partial charge in [-0.1, -0.05) is 20.8 Å². The fourth-order valence-electron chi connectivity index (χ4n) is 1.32. The average molecular weight is 251 g/mol. The van der Waals surface area contributed by atoms with Crippen molar-refractivity contribution in [2.24, 2.45) is 5.41 Å². The minimum absolute atomic E-state index is 0.282. The van der Waals surface area contributed by atoms with Crippen LogP contribution in [0.25, 0.3) is 0 Å². The Morgan fingerprint density at radius 2 is 1.78 bits per heavy atom. The molecule has 0 atom stereocenters. The molecule has 0 aliphatic carbocycles. The lowest BCUT2D eigenvalue weighted by Gasteiger charge is -2.23. The molecule has 0 bridgehead atoms. The standard InChI is InChI=1S/C13H25N5/c1-5-13(2,3)9-16-12-8-11(17-10-18-12)15-7-6-14-4/h8,10,14H,5-7,9H2,1-4H3,(H2,15,16,17,18). The Bertz CT molecular complexity index is 351. The van der Waals surface area contributed by atoms with Crippen LogP contribution in [-0.2, 0) is 0 Å². The minimum Gasteiger partial charge on any atom is -0.369 e. The summed E-state index contributed by atoms with van der Waals surface area (Å²) >= 11 is 0. The van der Waals surface area contributed by atoms with E-state index in [9.17, 15) is 0 Å². The number of nitrogens with one attached hydrogen (secondary N) is 3. The molecule has 1 rings (SSSR count). The highest BCUT2D eigenvalue weighted by Crippen LogP contribution is 2.20. The summed E-state index contributed by atoms with van der Waals surface area (Å²) in [5.41, 5.74) is 0.282. The molecule has 102 valence electrons. The van der Waals surface area contributed by atoms with Gasteiger partial charge in [0, 0.05) is 25.7 Å². The van der Waals surface area contributed by atoms with E-state index in [4.69, 9.17) is 0 Å². The minimum atomic E-state index is 0.282. The monoisotopic (exact) mass is 251 g/mol. The Kier molecular flexibility index (Phi) is 5.85. The smallest absolute Gasteiger partial charge is 0.131 e. The SMILES string of the molecule is CCC(C)(C)CNc1cc(NCCNC)ncn1. The molecule has 0 unspecified atom stereocenters. The first-order valence-electron chi connectivity index (χ1n) is 6.52. The van der Waals surface area contributed by atoms with Crippen LogP contribution in [0.4, 0.5) is 11.6 Å². The fourth-order valence-corrected chi connectivity index (χ4v) is 1.32. The lowest BCUT2D eigenvalue weighted by Crippen LogP contribution is -2.22. The number of anilines is 2. The summed E-state index contributed by atoms with van der Waals surface area (Å²) < 4.78 is 0. The molecule has 0 aromatic carbocycles. The van der Waals surface area contributed by atoms with E-state index in [0.29, 0.717) is 0 Å². The number of likely N-dealkylation sites (N-methyl/N-ethyl adjacent to an activating group) is 1. The Balaban J connectivity index is 2.49. The van der Waals surface area contributed by atoms with Gasteiger partial charge in [-0.15, -0.1) is 0 Å². The van der Waals surface area contributed by atoms with Crippen LogP contribution >= 0.6 is 0 Å². The van der Waals surface area contributed by atoms with Crippen molar-refractivity contribution in [1.29, 1.82) is 0 Å². The Hall–Kier alpha value is -1.36. The van der Waals surface area contributed by atoms with E-state index < -0.39 is 0 Å². The average Bonchev–Trinajstić information content (AvgIpc) is 2.38. The molecular formula is C13H25N5. The normalized spacial score (nSPS) is 11.3. The first kappa shape index (κ1) is 14.7. The quantitative estimate of drug-likeness (QED) is 0.617. The van der Waals surface area contributed by atoms with Crippen molar-refractivity contribution >= 4 is 11.6 Å². The Morgan fingerprint density at radius 1 is 1.11 bits per heavy atom. The van der Waals surface area contributed by atoms with Crippen LogP contribution in [0, 0.1) is 5.41 Å². The summed E-state index contributed by atoms with van der Waals surface area (Å²) in [5.74, 6) is 1.73. The molecule has 5 nitrogen and oxygen atoms in total. The van der Waals surface area contributed by atoms with Crippen LogP contribution in [0.1, 0.15) is 27.2 Å². The lowest BCUT2D eigenvalue weighted by atomic mass is 9.90. The number of hydrogen-bond acceptors (Lipinski definition) is 5. The Morgan fingerprint density at radius 3 is 2.39 bits per heavy atom. The molecule has 5 heteroatoms. The van der Waals surface area contributed by atoms with Gasteiger partial charge in [-0.05, 0) is 18.9 Å². The van der Waals surface area contributed by atoms with Gasteiger partial charge in [-0.25, -0.2) is 9.97 Å². The van der Waals surface area contributed by atoms with Gasteiger partial charge in [0.25, 0.3) is 0 Å². The van der Waals surface area contributed by atoms with Gasteiger partial charge in [0.2, 0.25) is 0 Å². The van der Waals surface area contributed by atoms with E-state index in [-0.39, 0.29) is 5.41 Å². The number of nitrogens with zero attached hydrogens (tertiary/aromatic N) is 2. The first-order chi connectivity index (χ1) is 8.57. The summed E-state index contributed by atoms with van der Waals surface area (Å²) in [6, 6.07) is 1.95. The third-order valence-corrected chi connectivity index (χ3v) is 3.05. The molecule has 0 aliphatic rings. The first-order valence-corrected chi connectivity index (χ1v) is 6.52. The molecule has 0 fully saturated rings. The van der Waals surface area contributed by atoms with Crippen molar-refractivity contribution < 1.29 is 0 Å². The number of hydrogen-bond donors (Lipinski definition) is 3. The van der Waals surface area contributed by atoms with Gasteiger partial charge < -0.3 is 16.0 Å². The summed E-state index contributed by atoms with van der Waals surface area (Å²) in [7, 11) is 1.93. The highest BCUT2D eigenvalue weighted by atomic mass is 15.1. The van der Waals surface area contributed by atoms with Crippen LogP contribution in [-0.4, -0.2) is 36.6 Å². The van der Waals surface area contributed by atoms with E-state index in [1.807, 2.05) is 13.1 Å². The zero-order chi connectivity index (χ0) is 13.4. The van der Waals surface area contributed by atoms with E-state index in [0.717, 1.165) is 37.7 Å². The van der Waals surface area contributed by atoms with Crippen LogP contribution in [0.15, 0.2) is 12.4 Å². The van der Waals surface area contributed by atoms with Crippen molar-refractivity contribution in [2.75, 3.05) is 37.3 Å². The van der Waals surface area contributed by atoms with Gasteiger partial charge in [0.15, 0.2) is 0 Å². The van der Waals surface area contributed by atoms with Gasteiger partial charge in [0.05, 0.1) is 0 Å². The molecule has 0 amide bonds.